The summed E-state index contributed by atoms with van der Waals surface area (Å²) in [6.45, 7) is 6.07. The zero-order valence-corrected chi connectivity index (χ0v) is 14.2. The number of sulfonamides is 1. The van der Waals surface area contributed by atoms with Crippen LogP contribution in [0.5, 0.6) is 0 Å². The van der Waals surface area contributed by atoms with E-state index in [2.05, 4.69) is 16.7 Å². The zero-order valence-electron chi connectivity index (χ0n) is 13.3. The first-order valence-electron chi connectivity index (χ1n) is 7.58. The van der Waals surface area contributed by atoms with Gasteiger partial charge in [0, 0.05) is 6.54 Å². The Hall–Kier alpha value is -1.66. The van der Waals surface area contributed by atoms with E-state index in [9.17, 15) is 8.42 Å². The Morgan fingerprint density at radius 2 is 1.82 bits per heavy atom. The predicted octanol–water partition coefficient (Wildman–Crippen LogP) is 2.96. The lowest BCUT2D eigenvalue weighted by Gasteiger charge is -2.08. The molecule has 0 bridgehead atoms. The van der Waals surface area contributed by atoms with Gasteiger partial charge in [0.25, 0.3) is 0 Å². The summed E-state index contributed by atoms with van der Waals surface area (Å²) < 4.78 is 29.4. The SMILES string of the molecule is CCCCCNS(=O)(=O)c1c(C)nn(-c2ccccc2)c1C. The second-order valence-corrected chi connectivity index (χ2v) is 7.06. The van der Waals surface area contributed by atoms with Gasteiger partial charge in [-0.05, 0) is 32.4 Å². The van der Waals surface area contributed by atoms with Crippen molar-refractivity contribution in [1.82, 2.24) is 14.5 Å². The van der Waals surface area contributed by atoms with Crippen LogP contribution in [0.25, 0.3) is 5.69 Å². The van der Waals surface area contributed by atoms with Crippen LogP contribution in [0.3, 0.4) is 0 Å². The number of hydrogen-bond acceptors (Lipinski definition) is 3. The third-order valence-electron chi connectivity index (χ3n) is 3.57. The Balaban J connectivity index is 2.30. The molecule has 2 aromatic rings. The molecule has 1 aromatic heterocycles. The van der Waals surface area contributed by atoms with Crippen molar-refractivity contribution in [2.75, 3.05) is 6.54 Å². The molecule has 1 heterocycles. The highest BCUT2D eigenvalue weighted by atomic mass is 32.2. The van der Waals surface area contributed by atoms with Gasteiger partial charge in [-0.2, -0.15) is 5.10 Å². The van der Waals surface area contributed by atoms with Gasteiger partial charge in [0.1, 0.15) is 4.90 Å². The van der Waals surface area contributed by atoms with Crippen LogP contribution < -0.4 is 4.72 Å². The summed E-state index contributed by atoms with van der Waals surface area (Å²) >= 11 is 0. The van der Waals surface area contributed by atoms with Crippen LogP contribution in [-0.4, -0.2) is 24.7 Å². The van der Waals surface area contributed by atoms with Gasteiger partial charge in [-0.15, -0.1) is 0 Å². The van der Waals surface area contributed by atoms with Gasteiger partial charge in [-0.25, -0.2) is 17.8 Å². The molecule has 120 valence electrons. The van der Waals surface area contributed by atoms with Crippen LogP contribution in [0.1, 0.15) is 37.6 Å². The molecule has 0 aliphatic rings. The van der Waals surface area contributed by atoms with Crippen molar-refractivity contribution in [2.45, 2.75) is 44.9 Å². The maximum atomic E-state index is 12.5. The van der Waals surface area contributed by atoms with E-state index in [1.807, 2.05) is 30.3 Å². The molecule has 0 fully saturated rings. The number of rotatable bonds is 7. The standard InChI is InChI=1S/C16H23N3O2S/c1-4-5-9-12-17-22(20,21)16-13(2)18-19(14(16)3)15-10-7-6-8-11-15/h6-8,10-11,17H,4-5,9,12H2,1-3H3. The van der Waals surface area contributed by atoms with Crippen molar-refractivity contribution in [3.63, 3.8) is 0 Å². The molecule has 0 saturated heterocycles. The highest BCUT2D eigenvalue weighted by Gasteiger charge is 2.24. The lowest BCUT2D eigenvalue weighted by Crippen LogP contribution is -2.25. The Morgan fingerprint density at radius 1 is 1.14 bits per heavy atom. The molecule has 2 rings (SSSR count). The summed E-state index contributed by atoms with van der Waals surface area (Å²) in [5.41, 5.74) is 2.01. The number of hydrogen-bond donors (Lipinski definition) is 1. The Labute approximate surface area is 132 Å². The van der Waals surface area contributed by atoms with Crippen molar-refractivity contribution in [2.24, 2.45) is 0 Å². The van der Waals surface area contributed by atoms with Gasteiger partial charge in [0.2, 0.25) is 10.0 Å². The van der Waals surface area contributed by atoms with Gasteiger partial charge >= 0.3 is 0 Å². The molecule has 0 saturated carbocycles. The number of benzene rings is 1. The summed E-state index contributed by atoms with van der Waals surface area (Å²) in [5, 5.41) is 4.39. The van der Waals surface area contributed by atoms with E-state index in [0.717, 1.165) is 24.9 Å². The molecular weight excluding hydrogens is 298 g/mol. The Kier molecular flexibility index (Phi) is 5.37. The van der Waals surface area contributed by atoms with E-state index in [0.29, 0.717) is 17.9 Å². The van der Waals surface area contributed by atoms with E-state index in [4.69, 9.17) is 0 Å². The van der Waals surface area contributed by atoms with Crippen LogP contribution in [0, 0.1) is 13.8 Å². The van der Waals surface area contributed by atoms with E-state index in [1.165, 1.54) is 0 Å². The van der Waals surface area contributed by atoms with E-state index in [-0.39, 0.29) is 4.90 Å². The summed E-state index contributed by atoms with van der Waals surface area (Å²) in [5.74, 6) is 0. The number of aryl methyl sites for hydroxylation is 1. The van der Waals surface area contributed by atoms with Crippen molar-refractivity contribution in [1.29, 1.82) is 0 Å². The maximum Gasteiger partial charge on any atom is 0.244 e. The first-order valence-corrected chi connectivity index (χ1v) is 9.07. The first kappa shape index (κ1) is 16.7. The quantitative estimate of drug-likeness (QED) is 0.797. The summed E-state index contributed by atoms with van der Waals surface area (Å²) in [6.07, 6.45) is 2.93. The number of unbranched alkanes of at least 4 members (excludes halogenated alkanes) is 2. The molecule has 0 unspecified atom stereocenters. The summed E-state index contributed by atoms with van der Waals surface area (Å²) in [4.78, 5) is 0.285. The molecule has 0 aliphatic heterocycles. The van der Waals surface area contributed by atoms with Crippen LogP contribution in [-0.2, 0) is 10.0 Å². The molecule has 1 N–H and O–H groups in total. The molecule has 1 aromatic carbocycles. The third-order valence-corrected chi connectivity index (χ3v) is 5.28. The average molecular weight is 321 g/mol. The van der Waals surface area contributed by atoms with Crippen LogP contribution in [0.4, 0.5) is 0 Å². The van der Waals surface area contributed by atoms with Crippen LogP contribution in [0.2, 0.25) is 0 Å². The van der Waals surface area contributed by atoms with Crippen LogP contribution >= 0.6 is 0 Å². The fraction of sp³-hybridized carbons (Fsp3) is 0.438. The van der Waals surface area contributed by atoms with Gasteiger partial charge in [-0.1, -0.05) is 38.0 Å². The number of para-hydroxylation sites is 1. The van der Waals surface area contributed by atoms with Crippen molar-refractivity contribution in [3.05, 3.63) is 41.7 Å². The lowest BCUT2D eigenvalue weighted by atomic mass is 10.3. The number of nitrogens with one attached hydrogen (secondary N) is 1. The second-order valence-electron chi connectivity index (χ2n) is 5.35. The second kappa shape index (κ2) is 7.07. The highest BCUT2D eigenvalue weighted by molar-refractivity contribution is 7.89. The molecule has 6 heteroatoms. The smallest absolute Gasteiger partial charge is 0.236 e. The van der Waals surface area contributed by atoms with E-state index >= 15 is 0 Å². The zero-order chi connectivity index (χ0) is 16.2. The van der Waals surface area contributed by atoms with E-state index < -0.39 is 10.0 Å². The summed E-state index contributed by atoms with van der Waals surface area (Å²) in [6, 6.07) is 9.54. The van der Waals surface area contributed by atoms with Gasteiger partial charge < -0.3 is 0 Å². The minimum atomic E-state index is -3.52. The van der Waals surface area contributed by atoms with Gasteiger partial charge in [0.05, 0.1) is 17.1 Å². The van der Waals surface area contributed by atoms with Crippen LogP contribution in [0.15, 0.2) is 35.2 Å². The minimum Gasteiger partial charge on any atom is -0.236 e. The fourth-order valence-electron chi connectivity index (χ4n) is 2.49. The molecule has 22 heavy (non-hydrogen) atoms. The van der Waals surface area contributed by atoms with Crippen molar-refractivity contribution in [3.8, 4) is 5.69 Å². The Morgan fingerprint density at radius 3 is 2.45 bits per heavy atom. The normalized spacial score (nSPS) is 11.8. The number of nitrogens with zero attached hydrogens (tertiary/aromatic N) is 2. The number of aromatic nitrogens is 2. The monoisotopic (exact) mass is 321 g/mol. The molecular formula is C16H23N3O2S. The Bertz CT molecular complexity index is 721. The predicted molar refractivity (Wildman–Crippen MR) is 87.8 cm³/mol. The van der Waals surface area contributed by atoms with Crippen molar-refractivity contribution >= 4 is 10.0 Å². The maximum absolute atomic E-state index is 12.5. The average Bonchev–Trinajstić information content (AvgIpc) is 2.80. The molecule has 0 spiro atoms. The highest BCUT2D eigenvalue weighted by Crippen LogP contribution is 2.22. The van der Waals surface area contributed by atoms with E-state index in [1.54, 1.807) is 18.5 Å². The molecule has 5 nitrogen and oxygen atoms in total. The van der Waals surface area contributed by atoms with Gasteiger partial charge in [-0.3, -0.25) is 0 Å². The molecule has 0 aliphatic carbocycles. The fourth-order valence-corrected chi connectivity index (χ4v) is 3.95. The summed E-state index contributed by atoms with van der Waals surface area (Å²) in [7, 11) is -3.52. The molecule has 0 atom stereocenters. The lowest BCUT2D eigenvalue weighted by molar-refractivity contribution is 0.574. The minimum absolute atomic E-state index is 0.285. The molecule has 0 radical (unpaired) electrons. The first-order chi connectivity index (χ1) is 10.5. The molecule has 0 amide bonds. The topological polar surface area (TPSA) is 64.0 Å². The largest absolute Gasteiger partial charge is 0.244 e. The third kappa shape index (κ3) is 3.56. The van der Waals surface area contributed by atoms with Gasteiger partial charge in [0.15, 0.2) is 0 Å². The van der Waals surface area contributed by atoms with Crippen molar-refractivity contribution < 1.29 is 8.42 Å².